The summed E-state index contributed by atoms with van der Waals surface area (Å²) < 4.78 is 1.30. The van der Waals surface area contributed by atoms with Crippen LogP contribution in [0.2, 0.25) is 0 Å². The largest absolute Gasteiger partial charge is 0.494 e. The van der Waals surface area contributed by atoms with Gasteiger partial charge in [0, 0.05) is 29.2 Å². The van der Waals surface area contributed by atoms with Crippen molar-refractivity contribution in [1.29, 1.82) is 0 Å². The van der Waals surface area contributed by atoms with Gasteiger partial charge < -0.3 is 15.4 Å². The summed E-state index contributed by atoms with van der Waals surface area (Å²) in [7, 11) is 0. The van der Waals surface area contributed by atoms with E-state index in [2.05, 4.69) is 21.4 Å². The number of benzene rings is 2. The van der Waals surface area contributed by atoms with Gasteiger partial charge in [-0.1, -0.05) is 48.5 Å². The van der Waals surface area contributed by atoms with Crippen LogP contribution in [0.5, 0.6) is 5.88 Å². The van der Waals surface area contributed by atoms with E-state index < -0.39 is 17.3 Å². The van der Waals surface area contributed by atoms with Crippen molar-refractivity contribution in [3.63, 3.8) is 0 Å². The number of rotatable bonds is 5. The Morgan fingerprint density at radius 3 is 2.62 bits per heavy atom. The number of para-hydroxylation sites is 1. The molecule has 32 heavy (non-hydrogen) atoms. The Morgan fingerprint density at radius 1 is 1.06 bits per heavy atom. The summed E-state index contributed by atoms with van der Waals surface area (Å²) >= 11 is 0. The van der Waals surface area contributed by atoms with Gasteiger partial charge in [0.05, 0.1) is 6.04 Å². The zero-order chi connectivity index (χ0) is 22.2. The Balaban J connectivity index is 1.55. The zero-order valence-corrected chi connectivity index (χ0v) is 17.9. The minimum atomic E-state index is -0.593. The molecule has 5 rings (SSSR count). The lowest BCUT2D eigenvalue weighted by Crippen LogP contribution is -2.39. The monoisotopic (exact) mass is 430 g/mol. The van der Waals surface area contributed by atoms with E-state index >= 15 is 0 Å². The Labute approximate surface area is 184 Å². The summed E-state index contributed by atoms with van der Waals surface area (Å²) in [4.78, 5) is 31.4. The van der Waals surface area contributed by atoms with E-state index in [4.69, 9.17) is 0 Å². The number of aromatic hydroxyl groups is 1. The molecule has 2 aromatic carbocycles. The summed E-state index contributed by atoms with van der Waals surface area (Å²) in [6.45, 7) is 2.55. The molecule has 0 fully saturated rings. The van der Waals surface area contributed by atoms with Crippen LogP contribution in [0.15, 0.2) is 64.2 Å². The molecule has 7 heteroatoms. The average Bonchev–Trinajstić information content (AvgIpc) is 3.18. The van der Waals surface area contributed by atoms with E-state index in [-0.39, 0.29) is 17.5 Å². The summed E-state index contributed by atoms with van der Waals surface area (Å²) in [5.41, 5.74) is 3.16. The highest BCUT2D eigenvalue weighted by Gasteiger charge is 2.31. The third-order valence-corrected chi connectivity index (χ3v) is 6.43. The molecule has 0 unspecified atom stereocenters. The van der Waals surface area contributed by atoms with Crippen molar-refractivity contribution in [2.75, 3.05) is 6.54 Å². The molecule has 0 radical (unpaired) electrons. The van der Waals surface area contributed by atoms with Gasteiger partial charge in [0.2, 0.25) is 5.88 Å². The van der Waals surface area contributed by atoms with E-state index in [9.17, 15) is 14.7 Å². The molecule has 7 nitrogen and oxygen atoms in total. The first-order chi connectivity index (χ1) is 15.5. The fourth-order valence-electron chi connectivity index (χ4n) is 4.80. The quantitative estimate of drug-likeness (QED) is 0.391. The molecule has 0 bridgehead atoms. The molecule has 2 aromatic heterocycles. The molecule has 0 amide bonds. The third-order valence-electron chi connectivity index (χ3n) is 6.43. The molecular weight excluding hydrogens is 404 g/mol. The zero-order valence-electron chi connectivity index (χ0n) is 17.9. The number of aryl methyl sites for hydroxylation is 1. The van der Waals surface area contributed by atoms with Crippen LogP contribution in [-0.4, -0.2) is 26.2 Å². The van der Waals surface area contributed by atoms with Gasteiger partial charge in [-0.3, -0.25) is 14.3 Å². The van der Waals surface area contributed by atoms with Crippen LogP contribution in [-0.2, 0) is 12.8 Å². The van der Waals surface area contributed by atoms with Crippen molar-refractivity contribution in [1.82, 2.24) is 19.9 Å². The van der Waals surface area contributed by atoms with Crippen molar-refractivity contribution in [2.45, 2.75) is 38.3 Å². The standard InChI is InChI=1S/C25H26N4O3/c1-15(11-12-16-7-3-2-4-8-16)29-24(31)20(23(30)28-25(29)32)22-21-18(13-14-26-22)17-9-5-6-10-19(17)27-21/h2-10,15,22,26-27,31H,11-14H2,1H3,(H,28,30,32)/t15-,22+/m0/s1. The van der Waals surface area contributed by atoms with Crippen LogP contribution in [0.1, 0.15) is 47.8 Å². The van der Waals surface area contributed by atoms with Gasteiger partial charge in [0.15, 0.2) is 0 Å². The maximum absolute atomic E-state index is 12.9. The lowest BCUT2D eigenvalue weighted by Gasteiger charge is -2.26. The van der Waals surface area contributed by atoms with E-state index in [0.717, 1.165) is 40.6 Å². The Morgan fingerprint density at radius 2 is 1.81 bits per heavy atom. The van der Waals surface area contributed by atoms with E-state index in [0.29, 0.717) is 13.0 Å². The van der Waals surface area contributed by atoms with Crippen LogP contribution >= 0.6 is 0 Å². The van der Waals surface area contributed by atoms with Gasteiger partial charge >= 0.3 is 5.69 Å². The molecule has 0 aliphatic carbocycles. The van der Waals surface area contributed by atoms with Crippen LogP contribution in [0.3, 0.4) is 0 Å². The molecule has 0 saturated carbocycles. The van der Waals surface area contributed by atoms with Gasteiger partial charge in [-0.15, -0.1) is 0 Å². The minimum Gasteiger partial charge on any atom is -0.494 e. The first kappa shape index (κ1) is 20.3. The molecule has 2 atom stereocenters. The summed E-state index contributed by atoms with van der Waals surface area (Å²) in [5.74, 6) is -0.275. The fraction of sp³-hybridized carbons (Fsp3) is 0.280. The number of nitrogens with zero attached hydrogens (tertiary/aromatic N) is 1. The van der Waals surface area contributed by atoms with Crippen molar-refractivity contribution in [3.8, 4) is 5.88 Å². The molecule has 4 aromatic rings. The first-order valence-electron chi connectivity index (χ1n) is 11.0. The maximum Gasteiger partial charge on any atom is 0.331 e. The van der Waals surface area contributed by atoms with Crippen LogP contribution in [0.25, 0.3) is 10.9 Å². The summed E-state index contributed by atoms with van der Waals surface area (Å²) in [6.07, 6.45) is 2.23. The molecule has 4 N–H and O–H groups in total. The van der Waals surface area contributed by atoms with Crippen LogP contribution in [0, 0.1) is 0 Å². The number of hydrogen-bond donors (Lipinski definition) is 4. The van der Waals surface area contributed by atoms with E-state index in [1.807, 2.05) is 55.5 Å². The van der Waals surface area contributed by atoms with E-state index in [1.54, 1.807) is 0 Å². The topological polar surface area (TPSA) is 103 Å². The highest BCUT2D eigenvalue weighted by molar-refractivity contribution is 5.85. The van der Waals surface area contributed by atoms with Crippen LogP contribution < -0.4 is 16.6 Å². The van der Waals surface area contributed by atoms with Gasteiger partial charge in [0.25, 0.3) is 5.56 Å². The Hall–Kier alpha value is -3.58. The Bertz CT molecular complexity index is 1380. The highest BCUT2D eigenvalue weighted by atomic mass is 16.3. The molecule has 0 spiro atoms. The number of fused-ring (bicyclic) bond motifs is 3. The first-order valence-corrected chi connectivity index (χ1v) is 11.0. The second kappa shape index (κ2) is 8.16. The fourth-order valence-corrected chi connectivity index (χ4v) is 4.80. The summed E-state index contributed by atoms with van der Waals surface area (Å²) in [6, 6.07) is 17.2. The lowest BCUT2D eigenvalue weighted by atomic mass is 9.95. The van der Waals surface area contributed by atoms with E-state index in [1.165, 1.54) is 4.57 Å². The number of nitrogens with one attached hydrogen (secondary N) is 3. The van der Waals surface area contributed by atoms with Crippen molar-refractivity contribution >= 4 is 10.9 Å². The van der Waals surface area contributed by atoms with Crippen LogP contribution in [0.4, 0.5) is 0 Å². The molecule has 3 heterocycles. The van der Waals surface area contributed by atoms with Crippen molar-refractivity contribution in [2.24, 2.45) is 0 Å². The Kier molecular flexibility index (Phi) is 5.19. The smallest absolute Gasteiger partial charge is 0.331 e. The van der Waals surface area contributed by atoms with Gasteiger partial charge in [-0.2, -0.15) is 0 Å². The number of aromatic nitrogens is 3. The van der Waals surface area contributed by atoms with Crippen molar-refractivity contribution < 1.29 is 5.11 Å². The molecule has 0 saturated heterocycles. The normalized spacial score (nSPS) is 16.7. The van der Waals surface area contributed by atoms with Gasteiger partial charge in [0.1, 0.15) is 5.56 Å². The predicted molar refractivity (Wildman–Crippen MR) is 124 cm³/mol. The second-order valence-electron chi connectivity index (χ2n) is 8.44. The summed E-state index contributed by atoms with van der Waals surface area (Å²) in [5, 5.41) is 15.6. The van der Waals surface area contributed by atoms with Gasteiger partial charge in [-0.25, -0.2) is 4.79 Å². The predicted octanol–water partition coefficient (Wildman–Crippen LogP) is 3.15. The minimum absolute atomic E-state index is 0.170. The lowest BCUT2D eigenvalue weighted by molar-refractivity contribution is 0.349. The average molecular weight is 431 g/mol. The maximum atomic E-state index is 12.9. The number of hydrogen-bond acceptors (Lipinski definition) is 4. The molecule has 164 valence electrons. The van der Waals surface area contributed by atoms with Crippen molar-refractivity contribution in [3.05, 3.63) is 97.8 Å². The molecule has 1 aliphatic heterocycles. The highest BCUT2D eigenvalue weighted by Crippen LogP contribution is 2.35. The third kappa shape index (κ3) is 3.44. The molecular formula is C25H26N4O3. The van der Waals surface area contributed by atoms with Gasteiger partial charge in [-0.05, 0) is 43.4 Å². The number of H-pyrrole nitrogens is 2. The molecule has 1 aliphatic rings. The number of aromatic amines is 2. The second-order valence-corrected chi connectivity index (χ2v) is 8.44. The SMILES string of the molecule is C[C@@H](CCc1ccccc1)n1c(O)c([C@H]2NCCc3c2[nH]c2ccccc32)c(=O)[nH]c1=O.